The van der Waals surface area contributed by atoms with Crippen molar-refractivity contribution in [2.75, 3.05) is 63.4 Å². The van der Waals surface area contributed by atoms with Gasteiger partial charge in [-0.15, -0.1) is 11.6 Å². The first-order valence-corrected chi connectivity index (χ1v) is 14.1. The molecule has 0 spiro atoms. The Bertz CT molecular complexity index is 568. The molecule has 0 unspecified atom stereocenters. The Hall–Kier alpha value is -0.0100. The molecule has 4 N–H and O–H groups in total. The summed E-state index contributed by atoms with van der Waals surface area (Å²) in [6.45, 7) is 6.42. The first-order valence-electron chi connectivity index (χ1n) is 10.1. The van der Waals surface area contributed by atoms with Crippen LogP contribution in [0.2, 0.25) is 0 Å². The second kappa shape index (κ2) is 17.6. The quantitative estimate of drug-likeness (QED) is 0.369. The second-order valence-electron chi connectivity index (χ2n) is 6.96. The molecule has 0 aromatic heterocycles. The number of nitrogens with zero attached hydrogens (tertiary/aromatic N) is 1. The molecule has 2 aliphatic heterocycles. The average molecular weight is 480 g/mol. The van der Waals surface area contributed by atoms with E-state index in [1.54, 1.807) is 0 Å². The van der Waals surface area contributed by atoms with Crippen molar-refractivity contribution < 1.29 is 26.3 Å². The zero-order chi connectivity index (χ0) is 22.0. The average Bonchev–Trinajstić information content (AvgIpc) is 2.67. The molecule has 0 radical (unpaired) electrons. The van der Waals surface area contributed by atoms with Crippen LogP contribution in [0, 0.1) is 0 Å². The minimum atomic E-state index is -3.27. The van der Waals surface area contributed by atoms with Gasteiger partial charge in [-0.25, -0.2) is 27.1 Å². The predicted octanol–water partition coefficient (Wildman–Crippen LogP) is 0.868. The molecule has 2 rings (SSSR count). The zero-order valence-corrected chi connectivity index (χ0v) is 19.7. The minimum absolute atomic E-state index is 0.0414. The fraction of sp³-hybridized carbons (Fsp3) is 1.00. The van der Waals surface area contributed by atoms with Gasteiger partial charge in [0.2, 0.25) is 20.0 Å². The Morgan fingerprint density at radius 2 is 1.21 bits per heavy atom. The number of ether oxygens (including phenoxy) is 2. The summed E-state index contributed by atoms with van der Waals surface area (Å²) >= 11 is 5.29. The summed E-state index contributed by atoms with van der Waals surface area (Å²) in [6.07, 6.45) is 6.73. The molecule has 0 saturated carbocycles. The van der Waals surface area contributed by atoms with Gasteiger partial charge in [0.1, 0.15) is 0 Å². The fourth-order valence-electron chi connectivity index (χ4n) is 2.55. The van der Waals surface area contributed by atoms with Crippen LogP contribution in [0.5, 0.6) is 0 Å². The number of sulfonamides is 2. The van der Waals surface area contributed by atoms with Gasteiger partial charge in [0.25, 0.3) is 0 Å². The van der Waals surface area contributed by atoms with Crippen molar-refractivity contribution in [3.8, 4) is 0 Å². The molecular weight excluding hydrogens is 442 g/mol. The summed E-state index contributed by atoms with van der Waals surface area (Å²) in [6, 6.07) is 0. The normalized spacial score (nSPS) is 18.2. The number of alkyl halides is 1. The molecule has 0 atom stereocenters. The SMILES string of the molecule is C1CCOCC1.NS(=O)(=O)CCCCCl.NS(=O)(=O)CCCCN1CCOCC1. The molecule has 0 aromatic carbocycles. The fourth-order valence-corrected chi connectivity index (χ4v) is 3.95. The Morgan fingerprint density at radius 1 is 0.724 bits per heavy atom. The molecule has 0 bridgehead atoms. The van der Waals surface area contributed by atoms with Crippen LogP contribution in [-0.4, -0.2) is 85.2 Å². The van der Waals surface area contributed by atoms with Crippen molar-refractivity contribution in [3.63, 3.8) is 0 Å². The largest absolute Gasteiger partial charge is 0.381 e. The van der Waals surface area contributed by atoms with E-state index in [4.69, 9.17) is 31.4 Å². The standard InChI is InChI=1S/C8H18N2O3S.C5H10O.C4H10ClNO2S/c9-14(11,12)8-2-1-3-10-4-6-13-7-5-10;1-2-4-6-5-3-1;5-3-1-2-4-9(6,7)8/h1-8H2,(H2,9,11,12);1-5H2;1-4H2,(H2,6,7,8). The van der Waals surface area contributed by atoms with Crippen LogP contribution < -0.4 is 10.3 Å². The molecule has 2 fully saturated rings. The lowest BCUT2D eigenvalue weighted by Crippen LogP contribution is -2.37. The third kappa shape index (κ3) is 24.1. The van der Waals surface area contributed by atoms with Crippen molar-refractivity contribution in [2.24, 2.45) is 10.3 Å². The van der Waals surface area contributed by atoms with Crippen molar-refractivity contribution in [1.82, 2.24) is 4.90 Å². The lowest BCUT2D eigenvalue weighted by Gasteiger charge is -2.26. The number of morpholine rings is 1. The van der Waals surface area contributed by atoms with Crippen molar-refractivity contribution in [3.05, 3.63) is 0 Å². The maximum atomic E-state index is 10.6. The van der Waals surface area contributed by atoms with Crippen LogP contribution in [0.1, 0.15) is 44.9 Å². The van der Waals surface area contributed by atoms with Crippen LogP contribution >= 0.6 is 11.6 Å². The maximum Gasteiger partial charge on any atom is 0.209 e. The first kappa shape index (κ1) is 29.0. The van der Waals surface area contributed by atoms with Gasteiger partial charge in [-0.1, -0.05) is 0 Å². The zero-order valence-electron chi connectivity index (χ0n) is 17.3. The topological polar surface area (TPSA) is 142 Å². The molecule has 0 amide bonds. The smallest absolute Gasteiger partial charge is 0.209 e. The van der Waals surface area contributed by atoms with E-state index in [0.29, 0.717) is 25.1 Å². The van der Waals surface area contributed by atoms with E-state index in [9.17, 15) is 16.8 Å². The van der Waals surface area contributed by atoms with E-state index >= 15 is 0 Å². The summed E-state index contributed by atoms with van der Waals surface area (Å²) in [5.74, 6) is 0.632. The molecule has 2 aliphatic rings. The van der Waals surface area contributed by atoms with E-state index in [-0.39, 0.29) is 11.5 Å². The molecule has 0 aromatic rings. The molecule has 29 heavy (non-hydrogen) atoms. The van der Waals surface area contributed by atoms with Gasteiger partial charge in [-0.2, -0.15) is 0 Å². The van der Waals surface area contributed by atoms with Gasteiger partial charge in [-0.05, 0) is 51.5 Å². The van der Waals surface area contributed by atoms with E-state index < -0.39 is 20.0 Å². The minimum Gasteiger partial charge on any atom is -0.381 e. The number of hydrogen-bond acceptors (Lipinski definition) is 7. The summed E-state index contributed by atoms with van der Waals surface area (Å²) < 4.78 is 52.0. The third-order valence-corrected chi connectivity index (χ3v) is 6.13. The molecule has 12 heteroatoms. The third-order valence-electron chi connectivity index (χ3n) is 4.15. The summed E-state index contributed by atoms with van der Waals surface area (Å²) in [4.78, 5) is 2.28. The second-order valence-corrected chi connectivity index (χ2v) is 10.8. The van der Waals surface area contributed by atoms with Gasteiger partial charge in [-0.3, -0.25) is 4.90 Å². The first-order chi connectivity index (χ1) is 13.6. The molecule has 176 valence electrons. The Balaban J connectivity index is 0.000000446. The number of hydrogen-bond donors (Lipinski definition) is 2. The summed E-state index contributed by atoms with van der Waals surface area (Å²) in [5, 5.41) is 9.60. The Labute approximate surface area is 181 Å². The number of rotatable bonds is 9. The molecular formula is C17H38ClN3O6S2. The summed E-state index contributed by atoms with van der Waals surface area (Å²) in [7, 11) is -6.53. The number of primary sulfonamides is 2. The van der Waals surface area contributed by atoms with Crippen LogP contribution in [0.3, 0.4) is 0 Å². The highest BCUT2D eigenvalue weighted by atomic mass is 35.5. The van der Waals surface area contributed by atoms with E-state index in [1.807, 2.05) is 0 Å². The highest BCUT2D eigenvalue weighted by Gasteiger charge is 2.10. The Morgan fingerprint density at radius 3 is 1.59 bits per heavy atom. The van der Waals surface area contributed by atoms with E-state index in [0.717, 1.165) is 52.5 Å². The monoisotopic (exact) mass is 479 g/mol. The highest BCUT2D eigenvalue weighted by molar-refractivity contribution is 7.89. The Kier molecular flexibility index (Phi) is 17.6. The summed E-state index contributed by atoms with van der Waals surface area (Å²) in [5.41, 5.74) is 0. The van der Waals surface area contributed by atoms with Gasteiger partial charge >= 0.3 is 0 Å². The van der Waals surface area contributed by atoms with Crippen LogP contribution in [-0.2, 0) is 29.5 Å². The highest BCUT2D eigenvalue weighted by Crippen LogP contribution is 2.02. The van der Waals surface area contributed by atoms with Gasteiger partial charge < -0.3 is 9.47 Å². The molecule has 9 nitrogen and oxygen atoms in total. The van der Waals surface area contributed by atoms with E-state index in [2.05, 4.69) is 4.90 Å². The van der Waals surface area contributed by atoms with Crippen molar-refractivity contribution in [1.29, 1.82) is 0 Å². The van der Waals surface area contributed by atoms with Crippen LogP contribution in [0.25, 0.3) is 0 Å². The molecule has 0 aliphatic carbocycles. The van der Waals surface area contributed by atoms with Crippen molar-refractivity contribution >= 4 is 31.6 Å². The van der Waals surface area contributed by atoms with Crippen LogP contribution in [0.4, 0.5) is 0 Å². The number of halogens is 1. The van der Waals surface area contributed by atoms with Crippen molar-refractivity contribution in [2.45, 2.75) is 44.9 Å². The number of nitrogens with two attached hydrogens (primary N) is 2. The van der Waals surface area contributed by atoms with Gasteiger partial charge in [0, 0.05) is 32.2 Å². The predicted molar refractivity (Wildman–Crippen MR) is 117 cm³/mol. The lowest BCUT2D eigenvalue weighted by atomic mass is 10.2. The van der Waals surface area contributed by atoms with E-state index in [1.165, 1.54) is 19.3 Å². The van der Waals surface area contributed by atoms with Gasteiger partial charge in [0.15, 0.2) is 0 Å². The maximum absolute atomic E-state index is 10.6. The lowest BCUT2D eigenvalue weighted by molar-refractivity contribution is 0.0373. The number of unbranched alkanes of at least 4 members (excludes halogenated alkanes) is 2. The molecule has 2 saturated heterocycles. The van der Waals surface area contributed by atoms with Crippen LogP contribution in [0.15, 0.2) is 0 Å². The van der Waals surface area contributed by atoms with Gasteiger partial charge in [0.05, 0.1) is 24.7 Å². The molecule has 2 heterocycles.